The Labute approximate surface area is 138 Å². The zero-order valence-electron chi connectivity index (χ0n) is 11.0. The zero-order valence-corrected chi connectivity index (χ0v) is 14.3. The second-order valence-electron chi connectivity index (χ2n) is 4.25. The lowest BCUT2D eigenvalue weighted by Gasteiger charge is -2.06. The molecule has 0 unspecified atom stereocenters. The first kappa shape index (κ1) is 18.0. The van der Waals surface area contributed by atoms with Gasteiger partial charge in [-0.2, -0.15) is 0 Å². The van der Waals surface area contributed by atoms with Gasteiger partial charge in [-0.25, -0.2) is 18.1 Å². The van der Waals surface area contributed by atoms with Crippen LogP contribution >= 0.6 is 28.3 Å². The number of anilines is 1. The molecule has 1 aromatic carbocycles. The molecular formula is C12H16BrClN4O2S. The highest BCUT2D eigenvalue weighted by atomic mass is 79.9. The quantitative estimate of drug-likeness (QED) is 0.652. The first-order valence-electron chi connectivity index (χ1n) is 6.02. The van der Waals surface area contributed by atoms with Crippen molar-refractivity contribution >= 4 is 44.3 Å². The maximum absolute atomic E-state index is 12.0. The number of nitrogens with two attached hydrogens (primary N) is 1. The number of nitrogens with one attached hydrogen (secondary N) is 2. The number of aromatic amines is 1. The number of hydrogen-bond acceptors (Lipinski definition) is 4. The molecule has 0 saturated heterocycles. The minimum atomic E-state index is -3.45. The number of rotatable bonds is 6. The Kier molecular flexibility index (Phi) is 6.66. The highest BCUT2D eigenvalue weighted by molar-refractivity contribution is 9.10. The Morgan fingerprint density at radius 1 is 1.29 bits per heavy atom. The lowest BCUT2D eigenvalue weighted by molar-refractivity contribution is 0.578. The molecule has 1 aromatic heterocycles. The molecule has 9 heteroatoms. The van der Waals surface area contributed by atoms with Crippen molar-refractivity contribution in [2.75, 3.05) is 12.3 Å². The fourth-order valence-corrected chi connectivity index (χ4v) is 3.02. The van der Waals surface area contributed by atoms with Crippen LogP contribution in [0.5, 0.6) is 0 Å². The number of aromatic nitrogens is 2. The number of sulfonamides is 1. The monoisotopic (exact) mass is 394 g/mol. The van der Waals surface area contributed by atoms with E-state index in [0.717, 1.165) is 10.2 Å². The van der Waals surface area contributed by atoms with Crippen molar-refractivity contribution in [3.63, 3.8) is 0 Å². The fourth-order valence-electron chi connectivity index (χ4n) is 1.69. The molecule has 0 aliphatic heterocycles. The van der Waals surface area contributed by atoms with Crippen molar-refractivity contribution in [3.05, 3.63) is 40.6 Å². The van der Waals surface area contributed by atoms with Gasteiger partial charge in [-0.3, -0.25) is 0 Å². The first-order valence-corrected chi connectivity index (χ1v) is 8.29. The zero-order chi connectivity index (χ0) is 14.6. The van der Waals surface area contributed by atoms with Gasteiger partial charge in [0.1, 0.15) is 0 Å². The minimum Gasteiger partial charge on any atom is -0.369 e. The van der Waals surface area contributed by atoms with E-state index in [2.05, 4.69) is 30.6 Å². The Bertz CT molecular complexity index is 673. The third-order valence-corrected chi connectivity index (χ3v) is 4.69. The van der Waals surface area contributed by atoms with E-state index in [4.69, 9.17) is 5.73 Å². The van der Waals surface area contributed by atoms with Crippen molar-refractivity contribution in [3.8, 4) is 0 Å². The summed E-state index contributed by atoms with van der Waals surface area (Å²) in [5.41, 5.74) is 6.35. The molecule has 0 aliphatic rings. The molecule has 0 fully saturated rings. The number of nitrogens with zero attached hydrogens (tertiary/aromatic N) is 1. The summed E-state index contributed by atoms with van der Waals surface area (Å²) in [7, 11) is -3.45. The van der Waals surface area contributed by atoms with Crippen molar-refractivity contribution in [2.24, 2.45) is 0 Å². The molecule has 21 heavy (non-hydrogen) atoms. The van der Waals surface area contributed by atoms with E-state index in [-0.39, 0.29) is 17.3 Å². The van der Waals surface area contributed by atoms with Gasteiger partial charge < -0.3 is 10.7 Å². The number of halogens is 2. The predicted octanol–water partition coefficient (Wildman–Crippen LogP) is 2.09. The van der Waals surface area contributed by atoms with Crippen LogP contribution in [0.1, 0.15) is 12.1 Å². The van der Waals surface area contributed by atoms with E-state index in [1.807, 2.05) is 0 Å². The molecular weight excluding hydrogens is 380 g/mol. The van der Waals surface area contributed by atoms with Crippen LogP contribution in [0.4, 0.5) is 5.95 Å². The number of imidazole rings is 1. The van der Waals surface area contributed by atoms with Gasteiger partial charge in [0.2, 0.25) is 10.0 Å². The average molecular weight is 396 g/mol. The summed E-state index contributed by atoms with van der Waals surface area (Å²) >= 11 is 3.27. The fraction of sp³-hybridized carbons (Fsp3) is 0.250. The summed E-state index contributed by atoms with van der Waals surface area (Å²) in [5, 5.41) is 0. The maximum Gasteiger partial charge on any atom is 0.240 e. The maximum atomic E-state index is 12.0. The Balaban J connectivity index is 0.00000220. The van der Waals surface area contributed by atoms with Gasteiger partial charge in [0.15, 0.2) is 5.95 Å². The van der Waals surface area contributed by atoms with Gasteiger partial charge >= 0.3 is 0 Å². The van der Waals surface area contributed by atoms with Gasteiger partial charge in [-0.05, 0) is 37.1 Å². The van der Waals surface area contributed by atoms with E-state index in [1.54, 1.807) is 30.5 Å². The Morgan fingerprint density at radius 3 is 2.52 bits per heavy atom. The van der Waals surface area contributed by atoms with Crippen LogP contribution in [0.25, 0.3) is 0 Å². The van der Waals surface area contributed by atoms with Crippen LogP contribution in [0.3, 0.4) is 0 Å². The van der Waals surface area contributed by atoms with Crippen molar-refractivity contribution in [1.82, 2.24) is 14.7 Å². The Morgan fingerprint density at radius 2 is 1.95 bits per heavy atom. The van der Waals surface area contributed by atoms with Crippen LogP contribution < -0.4 is 10.5 Å². The Hall–Kier alpha value is -1.09. The molecule has 116 valence electrons. The largest absolute Gasteiger partial charge is 0.369 e. The highest BCUT2D eigenvalue weighted by Gasteiger charge is 2.12. The summed E-state index contributed by atoms with van der Waals surface area (Å²) in [6, 6.07) is 6.51. The van der Waals surface area contributed by atoms with E-state index in [0.29, 0.717) is 25.3 Å². The summed E-state index contributed by atoms with van der Waals surface area (Å²) in [6.45, 7) is 0.358. The van der Waals surface area contributed by atoms with Crippen LogP contribution in [-0.4, -0.2) is 24.9 Å². The van der Waals surface area contributed by atoms with E-state index < -0.39 is 10.0 Å². The van der Waals surface area contributed by atoms with Crippen LogP contribution in [0.15, 0.2) is 39.8 Å². The second kappa shape index (κ2) is 7.79. The van der Waals surface area contributed by atoms with E-state index in [9.17, 15) is 8.42 Å². The van der Waals surface area contributed by atoms with Gasteiger partial charge in [-0.15, -0.1) is 12.4 Å². The van der Waals surface area contributed by atoms with Crippen molar-refractivity contribution in [1.29, 1.82) is 0 Å². The van der Waals surface area contributed by atoms with Crippen LogP contribution in [-0.2, 0) is 16.4 Å². The third kappa shape index (κ3) is 5.31. The summed E-state index contributed by atoms with van der Waals surface area (Å²) < 4.78 is 27.4. The normalized spacial score (nSPS) is 11.1. The molecule has 2 aromatic rings. The molecule has 0 bridgehead atoms. The minimum absolute atomic E-state index is 0. The first-order chi connectivity index (χ1) is 9.47. The number of hydrogen-bond donors (Lipinski definition) is 3. The molecule has 2 rings (SSSR count). The van der Waals surface area contributed by atoms with Gasteiger partial charge in [0, 0.05) is 16.7 Å². The van der Waals surface area contributed by atoms with Crippen molar-refractivity contribution in [2.45, 2.75) is 17.7 Å². The standard InChI is InChI=1S/C12H15BrN4O2S.ClH/c13-9-3-5-11(6-4-9)20(18,19)16-7-1-2-10-8-15-12(14)17-10;/h3-6,8,16H,1-2,7H2,(H3,14,15,17);1H. The summed E-state index contributed by atoms with van der Waals surface area (Å²) in [6.07, 6.45) is 3.00. The molecule has 0 amide bonds. The lowest BCUT2D eigenvalue weighted by atomic mass is 10.2. The predicted molar refractivity (Wildman–Crippen MR) is 87.9 cm³/mol. The number of benzene rings is 1. The second-order valence-corrected chi connectivity index (χ2v) is 6.93. The average Bonchev–Trinajstić information content (AvgIpc) is 2.81. The van der Waals surface area contributed by atoms with E-state index in [1.165, 1.54) is 0 Å². The molecule has 0 spiro atoms. The molecule has 0 atom stereocenters. The number of aryl methyl sites for hydroxylation is 1. The SMILES string of the molecule is Cl.Nc1ncc(CCCNS(=O)(=O)c2ccc(Br)cc2)[nH]1. The third-order valence-electron chi connectivity index (χ3n) is 2.69. The topological polar surface area (TPSA) is 101 Å². The highest BCUT2D eigenvalue weighted by Crippen LogP contribution is 2.14. The summed E-state index contributed by atoms with van der Waals surface area (Å²) in [5.74, 6) is 0.371. The number of nitrogen functional groups attached to an aromatic ring is 1. The number of H-pyrrole nitrogens is 1. The molecule has 0 saturated carbocycles. The molecule has 6 nitrogen and oxygen atoms in total. The van der Waals surface area contributed by atoms with Gasteiger partial charge in [0.05, 0.1) is 11.1 Å². The van der Waals surface area contributed by atoms with Gasteiger partial charge in [0.25, 0.3) is 0 Å². The molecule has 0 aliphatic carbocycles. The van der Waals surface area contributed by atoms with Crippen molar-refractivity contribution < 1.29 is 8.42 Å². The molecule has 1 heterocycles. The molecule has 4 N–H and O–H groups in total. The van der Waals surface area contributed by atoms with E-state index >= 15 is 0 Å². The van der Waals surface area contributed by atoms with Gasteiger partial charge in [-0.1, -0.05) is 15.9 Å². The van der Waals surface area contributed by atoms with Crippen LogP contribution in [0, 0.1) is 0 Å². The molecule has 0 radical (unpaired) electrons. The lowest BCUT2D eigenvalue weighted by Crippen LogP contribution is -2.25. The van der Waals surface area contributed by atoms with Crippen LogP contribution in [0.2, 0.25) is 0 Å². The smallest absolute Gasteiger partial charge is 0.240 e. The summed E-state index contributed by atoms with van der Waals surface area (Å²) in [4.78, 5) is 7.03.